The molecule has 0 aliphatic carbocycles. The van der Waals surface area contributed by atoms with Gasteiger partial charge in [0.15, 0.2) is 0 Å². The van der Waals surface area contributed by atoms with Gasteiger partial charge in [0.25, 0.3) is 0 Å². The van der Waals surface area contributed by atoms with E-state index in [9.17, 15) is 14.4 Å². The maximum atomic E-state index is 12.1. The fourth-order valence-electron chi connectivity index (χ4n) is 2.29. The van der Waals surface area contributed by atoms with Crippen molar-refractivity contribution < 1.29 is 18.7 Å². The van der Waals surface area contributed by atoms with Gasteiger partial charge in [-0.3, -0.25) is 9.59 Å². The number of amides is 1. The number of nitrogens with one attached hydrogen (secondary N) is 1. The van der Waals surface area contributed by atoms with Crippen molar-refractivity contribution in [3.05, 3.63) is 40.2 Å². The highest BCUT2D eigenvalue weighted by Crippen LogP contribution is 2.21. The number of esters is 1. The summed E-state index contributed by atoms with van der Waals surface area (Å²) in [7, 11) is 0. The predicted molar refractivity (Wildman–Crippen MR) is 94.3 cm³/mol. The summed E-state index contributed by atoms with van der Waals surface area (Å²) in [5, 5.41) is 3.38. The number of fused-ring (bicyclic) bond motifs is 1. The first-order chi connectivity index (χ1) is 11.5. The largest absolute Gasteiger partial charge is 0.460 e. The molecule has 7 nitrogen and oxygen atoms in total. The fraction of sp³-hybridized carbons (Fsp3) is 0.389. The number of hydrogen-bond donors (Lipinski definition) is 2. The molecule has 25 heavy (non-hydrogen) atoms. The highest BCUT2D eigenvalue weighted by molar-refractivity contribution is 5.98. The molecule has 3 N–H and O–H groups in total. The quantitative estimate of drug-likeness (QED) is 0.648. The topological polar surface area (TPSA) is 112 Å². The lowest BCUT2D eigenvalue weighted by atomic mass is 10.1. The Balaban J connectivity index is 2.08. The first kappa shape index (κ1) is 18.7. The number of aryl methyl sites for hydroxylation is 1. The highest BCUT2D eigenvalue weighted by Gasteiger charge is 2.22. The smallest absolute Gasteiger partial charge is 0.336 e. The van der Waals surface area contributed by atoms with Crippen molar-refractivity contribution in [2.45, 2.75) is 45.8 Å². The zero-order valence-electron chi connectivity index (χ0n) is 14.7. The Labute approximate surface area is 145 Å². The normalized spacial score (nSPS) is 12.7. The monoisotopic (exact) mass is 346 g/mol. The van der Waals surface area contributed by atoms with Crippen LogP contribution in [0.15, 0.2) is 33.5 Å². The summed E-state index contributed by atoms with van der Waals surface area (Å²) in [6, 6.07) is 5.31. The molecule has 1 amide bonds. The highest BCUT2D eigenvalue weighted by atomic mass is 16.6. The number of carbonyl (C=O) groups is 2. The van der Waals surface area contributed by atoms with Crippen LogP contribution >= 0.6 is 0 Å². The van der Waals surface area contributed by atoms with Gasteiger partial charge in [0.05, 0.1) is 12.5 Å². The van der Waals surface area contributed by atoms with Crippen LogP contribution in [0.4, 0.5) is 5.69 Å². The predicted octanol–water partition coefficient (Wildman–Crippen LogP) is 2.10. The lowest BCUT2D eigenvalue weighted by molar-refractivity contribution is -0.155. The van der Waals surface area contributed by atoms with Crippen LogP contribution in [-0.2, 0) is 14.3 Å². The number of nitrogens with two attached hydrogens (primary N) is 1. The molecular formula is C18H22N2O5. The molecule has 2 rings (SSSR count). The van der Waals surface area contributed by atoms with Gasteiger partial charge >= 0.3 is 11.6 Å². The molecule has 0 aliphatic rings. The van der Waals surface area contributed by atoms with E-state index in [-0.39, 0.29) is 6.42 Å². The number of carbonyl (C=O) groups excluding carboxylic acids is 2. The third-order valence-corrected chi connectivity index (χ3v) is 3.36. The minimum Gasteiger partial charge on any atom is -0.460 e. The van der Waals surface area contributed by atoms with Crippen molar-refractivity contribution in [1.82, 2.24) is 0 Å². The second kappa shape index (κ2) is 7.06. The van der Waals surface area contributed by atoms with Crippen molar-refractivity contribution in [1.29, 1.82) is 0 Å². The van der Waals surface area contributed by atoms with Crippen molar-refractivity contribution in [2.24, 2.45) is 5.73 Å². The van der Waals surface area contributed by atoms with Crippen molar-refractivity contribution >= 4 is 28.5 Å². The Morgan fingerprint density at radius 3 is 2.60 bits per heavy atom. The summed E-state index contributed by atoms with van der Waals surface area (Å²) in [5.74, 6) is -1.07. The van der Waals surface area contributed by atoms with Gasteiger partial charge in [0.2, 0.25) is 5.91 Å². The molecule has 2 aromatic rings. The van der Waals surface area contributed by atoms with E-state index in [0.29, 0.717) is 11.3 Å². The fourth-order valence-corrected chi connectivity index (χ4v) is 2.29. The molecule has 1 atom stereocenters. The minimum atomic E-state index is -1.05. The molecular weight excluding hydrogens is 324 g/mol. The van der Waals surface area contributed by atoms with E-state index in [0.717, 1.165) is 10.9 Å². The molecule has 0 saturated heterocycles. The maximum Gasteiger partial charge on any atom is 0.336 e. The molecule has 1 unspecified atom stereocenters. The van der Waals surface area contributed by atoms with Gasteiger partial charge in [-0.25, -0.2) is 4.79 Å². The summed E-state index contributed by atoms with van der Waals surface area (Å²) >= 11 is 0. The van der Waals surface area contributed by atoms with E-state index < -0.39 is 29.1 Å². The zero-order valence-corrected chi connectivity index (χ0v) is 14.7. The van der Waals surface area contributed by atoms with Gasteiger partial charge in [-0.2, -0.15) is 0 Å². The van der Waals surface area contributed by atoms with Gasteiger partial charge in [-0.1, -0.05) is 0 Å². The summed E-state index contributed by atoms with van der Waals surface area (Å²) in [4.78, 5) is 35.3. The molecule has 0 radical (unpaired) electrons. The third kappa shape index (κ3) is 5.15. The molecule has 0 bridgehead atoms. The lowest BCUT2D eigenvalue weighted by Gasteiger charge is -2.20. The summed E-state index contributed by atoms with van der Waals surface area (Å²) in [6.45, 7) is 7.01. The first-order valence-electron chi connectivity index (χ1n) is 7.88. The van der Waals surface area contributed by atoms with Crippen LogP contribution < -0.4 is 16.7 Å². The summed E-state index contributed by atoms with van der Waals surface area (Å²) in [5.41, 5.74) is 6.23. The molecule has 1 aromatic carbocycles. The molecule has 1 aromatic heterocycles. The van der Waals surface area contributed by atoms with Crippen LogP contribution in [0.5, 0.6) is 0 Å². The van der Waals surface area contributed by atoms with Gasteiger partial charge in [-0.15, -0.1) is 0 Å². The van der Waals surface area contributed by atoms with Crippen molar-refractivity contribution in [2.75, 3.05) is 5.32 Å². The van der Waals surface area contributed by atoms with Crippen LogP contribution in [0.2, 0.25) is 0 Å². The average molecular weight is 346 g/mol. The number of benzene rings is 1. The van der Waals surface area contributed by atoms with E-state index in [1.54, 1.807) is 45.9 Å². The van der Waals surface area contributed by atoms with Gasteiger partial charge in [-0.05, 0) is 45.4 Å². The minimum absolute atomic E-state index is 0.231. The Morgan fingerprint density at radius 1 is 1.28 bits per heavy atom. The second-order valence-electron chi connectivity index (χ2n) is 6.85. The molecule has 1 heterocycles. The van der Waals surface area contributed by atoms with E-state index in [1.807, 2.05) is 0 Å². The van der Waals surface area contributed by atoms with E-state index in [4.69, 9.17) is 14.9 Å². The number of anilines is 1. The van der Waals surface area contributed by atoms with E-state index in [2.05, 4.69) is 5.32 Å². The molecule has 7 heteroatoms. The SMILES string of the molecule is Cc1cc(=O)oc2cc(NC(=O)C(N)CC(=O)OC(C)(C)C)ccc12. The summed E-state index contributed by atoms with van der Waals surface area (Å²) in [6.07, 6.45) is -0.231. The Morgan fingerprint density at radius 2 is 1.96 bits per heavy atom. The van der Waals surface area contributed by atoms with Crippen molar-refractivity contribution in [3.8, 4) is 0 Å². The Bertz CT molecular complexity index is 864. The Hall–Kier alpha value is -2.67. The lowest BCUT2D eigenvalue weighted by Crippen LogP contribution is -2.39. The van der Waals surface area contributed by atoms with Crippen molar-refractivity contribution in [3.63, 3.8) is 0 Å². The van der Waals surface area contributed by atoms with Gasteiger partial charge < -0.3 is 20.2 Å². The van der Waals surface area contributed by atoms with Crippen LogP contribution in [0.1, 0.15) is 32.8 Å². The van der Waals surface area contributed by atoms with Gasteiger partial charge in [0, 0.05) is 23.2 Å². The summed E-state index contributed by atoms with van der Waals surface area (Å²) < 4.78 is 10.3. The number of ether oxygens (including phenoxy) is 1. The molecule has 0 spiro atoms. The first-order valence-corrected chi connectivity index (χ1v) is 7.88. The zero-order chi connectivity index (χ0) is 18.8. The number of rotatable bonds is 4. The molecule has 0 fully saturated rings. The van der Waals surface area contributed by atoms with E-state index in [1.165, 1.54) is 6.07 Å². The molecule has 134 valence electrons. The maximum absolute atomic E-state index is 12.1. The van der Waals surface area contributed by atoms with Crippen LogP contribution in [0.25, 0.3) is 11.0 Å². The van der Waals surface area contributed by atoms with Crippen LogP contribution in [-0.4, -0.2) is 23.5 Å². The number of hydrogen-bond acceptors (Lipinski definition) is 6. The third-order valence-electron chi connectivity index (χ3n) is 3.36. The molecule has 0 saturated carbocycles. The van der Waals surface area contributed by atoms with Crippen LogP contribution in [0, 0.1) is 6.92 Å². The Kier molecular flexibility index (Phi) is 5.27. The van der Waals surface area contributed by atoms with E-state index >= 15 is 0 Å². The van der Waals surface area contributed by atoms with Gasteiger partial charge in [0.1, 0.15) is 11.2 Å². The standard InChI is InChI=1S/C18H22N2O5/c1-10-7-15(21)24-14-8-11(5-6-12(10)14)20-17(23)13(19)9-16(22)25-18(2,3)4/h5-8,13H,9,19H2,1-4H3,(H,20,23). The average Bonchev–Trinajstić information content (AvgIpc) is 2.44. The second-order valence-corrected chi connectivity index (χ2v) is 6.85. The van der Waals surface area contributed by atoms with Crippen LogP contribution in [0.3, 0.4) is 0 Å². The molecule has 0 aliphatic heterocycles.